The Hall–Kier alpha value is -0.290. The van der Waals surface area contributed by atoms with E-state index in [-0.39, 0.29) is 5.78 Å². The van der Waals surface area contributed by atoms with Gasteiger partial charge in [-0.25, -0.2) is 0 Å². The molecule has 2 rings (SSSR count). The molecule has 5 heteroatoms. The first-order valence-electron chi connectivity index (χ1n) is 5.26. The highest BCUT2D eigenvalue weighted by atomic mass is 79.9. The van der Waals surface area contributed by atoms with Crippen LogP contribution >= 0.6 is 50.6 Å². The van der Waals surface area contributed by atoms with Crippen molar-refractivity contribution in [1.29, 1.82) is 0 Å². The summed E-state index contributed by atoms with van der Waals surface area (Å²) < 4.78 is 0.994. The fraction of sp³-hybridized carbons (Fsp3) is 0.154. The minimum Gasteiger partial charge on any atom is -0.292 e. The van der Waals surface area contributed by atoms with Crippen molar-refractivity contribution in [3.8, 4) is 0 Å². The van der Waals surface area contributed by atoms with Crippen molar-refractivity contribution in [2.24, 2.45) is 0 Å². The third-order valence-electron chi connectivity index (χ3n) is 2.26. The van der Waals surface area contributed by atoms with Gasteiger partial charge in [0.1, 0.15) is 0 Å². The summed E-state index contributed by atoms with van der Waals surface area (Å²) in [6.07, 6.45) is 0. The molecule has 0 radical (unpaired) electrons. The Kier molecular flexibility index (Phi) is 5.30. The van der Waals surface area contributed by atoms with Crippen molar-refractivity contribution in [2.45, 2.75) is 5.75 Å². The van der Waals surface area contributed by atoms with E-state index < -0.39 is 0 Å². The van der Waals surface area contributed by atoms with Crippen LogP contribution in [0.2, 0.25) is 5.02 Å². The maximum absolute atomic E-state index is 11.8. The largest absolute Gasteiger partial charge is 0.292 e. The molecule has 0 saturated carbocycles. The van der Waals surface area contributed by atoms with Gasteiger partial charge in [0.15, 0.2) is 5.78 Å². The molecule has 0 bridgehead atoms. The third-order valence-corrected chi connectivity index (χ3v) is 5.18. The van der Waals surface area contributed by atoms with Gasteiger partial charge in [-0.2, -0.15) is 0 Å². The Morgan fingerprint density at radius 2 is 1.94 bits per heavy atom. The van der Waals surface area contributed by atoms with Crippen molar-refractivity contribution in [3.05, 3.63) is 55.6 Å². The number of thiophene rings is 1. The summed E-state index contributed by atoms with van der Waals surface area (Å²) in [5, 5.41) is 0.739. The van der Waals surface area contributed by atoms with E-state index >= 15 is 0 Å². The molecule has 0 amide bonds. The molecule has 1 heterocycles. The number of carbonyl (C=O) groups is 1. The number of hydrogen-bond donors (Lipinski definition) is 0. The monoisotopic (exact) mass is 360 g/mol. The lowest BCUT2D eigenvalue weighted by Gasteiger charge is -2.01. The van der Waals surface area contributed by atoms with E-state index in [1.54, 1.807) is 11.8 Å². The Bertz CT molecular complexity index is 536. The zero-order valence-electron chi connectivity index (χ0n) is 9.36. The molecule has 2 aromatic rings. The molecule has 0 aliphatic carbocycles. The van der Waals surface area contributed by atoms with Crippen LogP contribution in [0.1, 0.15) is 15.2 Å². The number of rotatable bonds is 5. The van der Waals surface area contributed by atoms with Crippen molar-refractivity contribution in [1.82, 2.24) is 0 Å². The first kappa shape index (κ1) is 14.1. The highest BCUT2D eigenvalue weighted by molar-refractivity contribution is 9.11. The lowest BCUT2D eigenvalue weighted by molar-refractivity contribution is 0.102. The van der Waals surface area contributed by atoms with E-state index in [2.05, 4.69) is 15.9 Å². The summed E-state index contributed by atoms with van der Waals surface area (Å²) in [4.78, 5) is 12.7. The fourth-order valence-electron chi connectivity index (χ4n) is 1.38. The summed E-state index contributed by atoms with van der Waals surface area (Å²) in [6.45, 7) is 0. The van der Waals surface area contributed by atoms with Crippen molar-refractivity contribution in [3.63, 3.8) is 0 Å². The van der Waals surface area contributed by atoms with Gasteiger partial charge >= 0.3 is 0 Å². The quantitative estimate of drug-likeness (QED) is 0.674. The number of hydrogen-bond acceptors (Lipinski definition) is 3. The van der Waals surface area contributed by atoms with Gasteiger partial charge in [0.05, 0.1) is 14.4 Å². The highest BCUT2D eigenvalue weighted by Crippen LogP contribution is 2.24. The van der Waals surface area contributed by atoms with Gasteiger partial charge in [-0.1, -0.05) is 23.7 Å². The SMILES string of the molecule is O=C(CSCc1ccc(Cl)cc1)c1ccc(Br)s1. The zero-order valence-corrected chi connectivity index (χ0v) is 13.3. The van der Waals surface area contributed by atoms with Crippen molar-refractivity contribution in [2.75, 3.05) is 5.75 Å². The van der Waals surface area contributed by atoms with E-state index in [9.17, 15) is 4.79 Å². The topological polar surface area (TPSA) is 17.1 Å². The van der Waals surface area contributed by atoms with E-state index in [0.717, 1.165) is 19.4 Å². The number of thioether (sulfide) groups is 1. The number of benzene rings is 1. The third kappa shape index (κ3) is 4.12. The van der Waals surface area contributed by atoms with Gasteiger partial charge in [-0.05, 0) is 45.8 Å². The molecule has 0 aliphatic rings. The standard InChI is InChI=1S/C13H10BrClOS2/c14-13-6-5-12(18-13)11(16)8-17-7-9-1-3-10(15)4-2-9/h1-6H,7-8H2. The van der Waals surface area contributed by atoms with Crippen molar-refractivity contribution < 1.29 is 4.79 Å². The second-order valence-electron chi connectivity index (χ2n) is 3.65. The van der Waals surface area contributed by atoms with Crippen LogP contribution in [0.15, 0.2) is 40.2 Å². The smallest absolute Gasteiger partial charge is 0.182 e. The normalized spacial score (nSPS) is 10.6. The van der Waals surface area contributed by atoms with Gasteiger partial charge in [-0.15, -0.1) is 23.1 Å². The average Bonchev–Trinajstić information content (AvgIpc) is 2.78. The number of halogens is 2. The lowest BCUT2D eigenvalue weighted by Crippen LogP contribution is -1.99. The summed E-state index contributed by atoms with van der Waals surface area (Å²) in [7, 11) is 0. The predicted molar refractivity (Wildman–Crippen MR) is 84.0 cm³/mol. The molecule has 1 aromatic carbocycles. The number of carbonyl (C=O) groups excluding carboxylic acids is 1. The lowest BCUT2D eigenvalue weighted by atomic mass is 10.2. The molecule has 94 valence electrons. The summed E-state index contributed by atoms with van der Waals surface area (Å²) in [6, 6.07) is 11.5. The molecule has 0 spiro atoms. The molecule has 0 unspecified atom stereocenters. The Morgan fingerprint density at radius 3 is 2.56 bits per heavy atom. The molecular weight excluding hydrogens is 352 g/mol. The molecule has 0 N–H and O–H groups in total. The van der Waals surface area contributed by atoms with Gasteiger partial charge < -0.3 is 0 Å². The molecule has 18 heavy (non-hydrogen) atoms. The number of ketones is 1. The van der Waals surface area contributed by atoms with Crippen LogP contribution in [0.25, 0.3) is 0 Å². The summed E-state index contributed by atoms with van der Waals surface area (Å²) in [5.74, 6) is 1.52. The van der Waals surface area contributed by atoms with Crippen LogP contribution in [0.3, 0.4) is 0 Å². The first-order valence-corrected chi connectivity index (χ1v) is 8.40. The molecule has 0 aliphatic heterocycles. The second kappa shape index (κ2) is 6.75. The van der Waals surface area contributed by atoms with Crippen molar-refractivity contribution >= 4 is 56.4 Å². The van der Waals surface area contributed by atoms with E-state index in [4.69, 9.17) is 11.6 Å². The zero-order chi connectivity index (χ0) is 13.0. The Balaban J connectivity index is 1.82. The average molecular weight is 362 g/mol. The van der Waals surface area contributed by atoms with E-state index in [1.807, 2.05) is 36.4 Å². The van der Waals surface area contributed by atoms with Crippen LogP contribution < -0.4 is 0 Å². The Morgan fingerprint density at radius 1 is 1.22 bits per heavy atom. The minimum absolute atomic E-state index is 0.185. The van der Waals surface area contributed by atoms with Crippen LogP contribution in [0, 0.1) is 0 Å². The predicted octanol–water partition coefficient (Wildman–Crippen LogP) is 5.28. The summed E-state index contributed by atoms with van der Waals surface area (Å²) >= 11 is 12.3. The molecule has 0 fully saturated rings. The summed E-state index contributed by atoms with van der Waals surface area (Å²) in [5.41, 5.74) is 1.18. The maximum Gasteiger partial charge on any atom is 0.182 e. The van der Waals surface area contributed by atoms with Gasteiger partial charge in [0.25, 0.3) is 0 Å². The van der Waals surface area contributed by atoms with E-state index in [1.165, 1.54) is 16.9 Å². The van der Waals surface area contributed by atoms with Crippen LogP contribution in [-0.4, -0.2) is 11.5 Å². The highest BCUT2D eigenvalue weighted by Gasteiger charge is 2.08. The molecule has 0 saturated heterocycles. The van der Waals surface area contributed by atoms with E-state index in [0.29, 0.717) is 5.75 Å². The molecule has 1 nitrogen and oxygen atoms in total. The number of Topliss-reactive ketones (excluding diaryl/α,β-unsaturated/α-hetero) is 1. The first-order chi connectivity index (χ1) is 8.65. The van der Waals surface area contributed by atoms with Crippen LogP contribution in [0.4, 0.5) is 0 Å². The second-order valence-corrected chi connectivity index (χ2v) is 7.53. The molecular formula is C13H10BrClOS2. The maximum atomic E-state index is 11.8. The Labute approximate surface area is 128 Å². The fourth-order valence-corrected chi connectivity index (χ4v) is 3.79. The van der Waals surface area contributed by atoms with Crippen LogP contribution in [0.5, 0.6) is 0 Å². The molecule has 0 atom stereocenters. The van der Waals surface area contributed by atoms with Gasteiger partial charge in [-0.3, -0.25) is 4.79 Å². The van der Waals surface area contributed by atoms with Gasteiger partial charge in [0, 0.05) is 10.8 Å². The minimum atomic E-state index is 0.185. The molecule has 1 aromatic heterocycles. The van der Waals surface area contributed by atoms with Crippen LogP contribution in [-0.2, 0) is 5.75 Å². The van der Waals surface area contributed by atoms with Gasteiger partial charge in [0.2, 0.25) is 0 Å².